The van der Waals surface area contributed by atoms with Crippen molar-refractivity contribution in [3.63, 3.8) is 0 Å². The number of nitrogens with one attached hydrogen (secondary N) is 3. The van der Waals surface area contributed by atoms with E-state index >= 15 is 0 Å². The number of rotatable bonds is 12. The van der Waals surface area contributed by atoms with Gasteiger partial charge < -0.3 is 56.4 Å². The summed E-state index contributed by atoms with van der Waals surface area (Å²) in [6.07, 6.45) is -2.69. The molecule has 0 bridgehead atoms. The molecule has 6 rings (SSSR count). The fourth-order valence-corrected chi connectivity index (χ4v) is 6.39. The molecule has 392 valence electrons. The zero-order valence-corrected chi connectivity index (χ0v) is 47.1. The molecule has 4 heterocycles. The Kier molecular flexibility index (Phi) is 34.9. The van der Waals surface area contributed by atoms with Gasteiger partial charge in [0.15, 0.2) is 29.9 Å². The van der Waals surface area contributed by atoms with Crippen LogP contribution in [0.1, 0.15) is 22.2 Å². The van der Waals surface area contributed by atoms with Crippen LogP contribution in [0.4, 0.5) is 49.9 Å². The quantitative estimate of drug-likeness (QED) is 0.0193. The van der Waals surface area contributed by atoms with Crippen LogP contribution in [0.15, 0.2) is 24.3 Å². The van der Waals surface area contributed by atoms with Crippen LogP contribution in [-0.4, -0.2) is 174 Å². The standard InChI is InChI=1S/C18H22F2N4O6.C16H20F2N4O4.C4H5ClO3.CH2O3.CH4O.2K.H/c1-11(26)21-8-13-9-23(18(28)30-13)12-6-14(19)17(15(20)7-12)22-2-3-24(16(27)10-25)29-5-4-22;1-10(23)19-8-12-9-22(16(24)26-12)11-6-13(17)15(14(18)7-11)21-3-2-20-25-5-4-21;1-3(6)8-2-4(5)7;2-1-4-3;1-2;;;/h6-7,13,25H,2-5,8-10H2,1H3,(H,21,26);6-7,12,20H,2-5,8-9H2,1H3,(H,19,23);2H2,1H3;1,3H;2H,1H3;;;/q;;;;;2*+1;-1/p-1/t13-;12-;;;;;;/m00....../s1. The number of esters is 1. The van der Waals surface area contributed by atoms with Crippen molar-refractivity contribution in [3.8, 4) is 0 Å². The molecular formula is C40H53ClF4K2N8O17. The number of aliphatic hydroxyl groups is 2. The maximum atomic E-state index is 14.8. The number of carbonyl (C=O) groups excluding carboxylic acids is 8. The second kappa shape index (κ2) is 36.6. The van der Waals surface area contributed by atoms with E-state index < -0.39 is 71.4 Å². The fraction of sp³-hybridized carbons (Fsp3) is 0.500. The molecule has 2 atom stereocenters. The molecule has 4 saturated heterocycles. The monoisotopic (exact) mass is 1110 g/mol. The van der Waals surface area contributed by atoms with Gasteiger partial charge in [0.05, 0.1) is 57.3 Å². The summed E-state index contributed by atoms with van der Waals surface area (Å²) in [5.74, 6) is -4.98. The molecule has 0 radical (unpaired) electrons. The van der Waals surface area contributed by atoms with Crippen molar-refractivity contribution < 1.29 is 204 Å². The first-order valence-corrected chi connectivity index (χ1v) is 21.0. The van der Waals surface area contributed by atoms with E-state index in [0.717, 1.165) is 46.2 Å². The molecule has 0 aliphatic carbocycles. The Labute approximate surface area is 501 Å². The van der Waals surface area contributed by atoms with Crippen molar-refractivity contribution in [2.24, 2.45) is 0 Å². The van der Waals surface area contributed by atoms with Gasteiger partial charge in [-0.3, -0.25) is 48.2 Å². The van der Waals surface area contributed by atoms with Crippen molar-refractivity contribution >= 4 is 81.9 Å². The molecule has 32 heteroatoms. The number of benzene rings is 2. The molecule has 0 saturated carbocycles. The van der Waals surface area contributed by atoms with E-state index in [-0.39, 0.29) is 204 Å². The summed E-state index contributed by atoms with van der Waals surface area (Å²) in [6, 6.07) is 4.28. The summed E-state index contributed by atoms with van der Waals surface area (Å²) in [6.45, 7) is 4.67. The summed E-state index contributed by atoms with van der Waals surface area (Å²) in [5.41, 5.74) is 2.30. The maximum absolute atomic E-state index is 14.8. The van der Waals surface area contributed by atoms with Crippen LogP contribution in [0.5, 0.6) is 0 Å². The maximum Gasteiger partial charge on any atom is 1.00 e. The van der Waals surface area contributed by atoms with Gasteiger partial charge >= 0.3 is 121 Å². The molecule has 2 aromatic carbocycles. The Bertz CT molecular complexity index is 2070. The Morgan fingerprint density at radius 1 is 0.792 bits per heavy atom. The molecule has 5 N–H and O–H groups in total. The summed E-state index contributed by atoms with van der Waals surface area (Å²) in [4.78, 5) is 104. The first-order valence-electron chi connectivity index (χ1n) is 20.6. The van der Waals surface area contributed by atoms with Crippen LogP contribution in [0.2, 0.25) is 0 Å². The minimum atomic E-state index is -0.884. The largest absolute Gasteiger partial charge is 1.00 e. The van der Waals surface area contributed by atoms with Crippen LogP contribution in [-0.2, 0) is 57.5 Å². The Hall–Kier alpha value is -3.36. The van der Waals surface area contributed by atoms with E-state index in [2.05, 4.69) is 25.7 Å². The first kappa shape index (κ1) is 68.6. The predicted molar refractivity (Wildman–Crippen MR) is 232 cm³/mol. The average Bonchev–Trinajstić information content (AvgIpc) is 3.63. The second-order valence-electron chi connectivity index (χ2n) is 14.2. The zero-order chi connectivity index (χ0) is 52.5. The molecule has 0 aromatic heterocycles. The van der Waals surface area contributed by atoms with E-state index in [1.807, 2.05) is 0 Å². The summed E-state index contributed by atoms with van der Waals surface area (Å²) < 4.78 is 73.2. The molecule has 5 amide bonds. The molecule has 25 nitrogen and oxygen atoms in total. The molecular weight excluding hydrogens is 1050 g/mol. The van der Waals surface area contributed by atoms with Gasteiger partial charge in [-0.15, -0.1) is 0 Å². The molecule has 0 unspecified atom stereocenters. The van der Waals surface area contributed by atoms with Crippen LogP contribution in [0.3, 0.4) is 0 Å². The number of carbonyl (C=O) groups is 8. The molecule has 4 fully saturated rings. The van der Waals surface area contributed by atoms with Gasteiger partial charge in [0, 0.05) is 84.9 Å². The number of hydrogen-bond donors (Lipinski definition) is 5. The Balaban J connectivity index is 0. The summed E-state index contributed by atoms with van der Waals surface area (Å²) in [5, 5.41) is 29.7. The molecule has 4 aliphatic heterocycles. The smallest absolute Gasteiger partial charge is 1.00 e. The van der Waals surface area contributed by atoms with Crippen molar-refractivity contribution in [1.29, 1.82) is 0 Å². The van der Waals surface area contributed by atoms with Gasteiger partial charge in [-0.05, 0) is 11.6 Å². The van der Waals surface area contributed by atoms with Crippen LogP contribution < -0.4 is 144 Å². The third kappa shape index (κ3) is 23.5. The van der Waals surface area contributed by atoms with Gasteiger partial charge in [0.25, 0.3) is 17.6 Å². The number of hydroxylamine groups is 3. The van der Waals surface area contributed by atoms with Gasteiger partial charge in [-0.25, -0.2) is 37.7 Å². The van der Waals surface area contributed by atoms with Crippen molar-refractivity contribution in [2.45, 2.75) is 33.0 Å². The Morgan fingerprint density at radius 2 is 1.22 bits per heavy atom. The number of nitrogens with zero attached hydrogens (tertiary/aromatic N) is 5. The van der Waals surface area contributed by atoms with Gasteiger partial charge in [0.1, 0.15) is 30.2 Å². The van der Waals surface area contributed by atoms with Crippen LogP contribution in [0, 0.1) is 23.3 Å². The van der Waals surface area contributed by atoms with Crippen molar-refractivity contribution in [1.82, 2.24) is 21.2 Å². The average molecular weight is 1110 g/mol. The third-order valence-electron chi connectivity index (χ3n) is 9.24. The first-order chi connectivity index (χ1) is 33.3. The summed E-state index contributed by atoms with van der Waals surface area (Å²) in [7, 11) is 1.00. The number of amides is 5. The number of hydrogen-bond acceptors (Lipinski definition) is 20. The number of aliphatic hydroxyl groups excluding tert-OH is 2. The number of anilines is 4. The minimum Gasteiger partial charge on any atom is -1.00 e. The zero-order valence-electron chi connectivity index (χ0n) is 41.1. The fourth-order valence-electron chi connectivity index (χ4n) is 6.34. The van der Waals surface area contributed by atoms with E-state index in [1.54, 1.807) is 4.90 Å². The van der Waals surface area contributed by atoms with Crippen molar-refractivity contribution in [3.05, 3.63) is 47.5 Å². The summed E-state index contributed by atoms with van der Waals surface area (Å²) >= 11 is 4.81. The SMILES string of the molecule is CC(=O)NC[C@H]1CN(c2cc(F)c(N3CCNOCC3)c(F)c2)C(=O)O1.CC(=O)NC[C@H]1CN(c2cc(F)c(N3CCON(C(=O)CO)CC3)c(F)c2)C(=O)O1.CC(=O)OCC(=O)Cl.CO.O=CO[O-].[H-].[K+].[K+]. The second-order valence-corrected chi connectivity index (χ2v) is 14.6. The molecule has 4 aliphatic rings. The van der Waals surface area contributed by atoms with Crippen LogP contribution >= 0.6 is 11.6 Å². The van der Waals surface area contributed by atoms with Crippen molar-refractivity contribution in [2.75, 3.05) is 119 Å². The van der Waals surface area contributed by atoms with Gasteiger partial charge in [-0.1, -0.05) is 0 Å². The molecule has 0 spiro atoms. The normalized spacial score (nSPS) is 16.9. The predicted octanol–water partition coefficient (Wildman–Crippen LogP) is -6.76. The van der Waals surface area contributed by atoms with Crippen LogP contribution in [0.25, 0.3) is 0 Å². The Morgan fingerprint density at radius 3 is 1.60 bits per heavy atom. The number of cyclic esters (lactones) is 2. The number of halogens is 5. The van der Waals surface area contributed by atoms with E-state index in [9.17, 15) is 51.1 Å². The molecule has 2 aromatic rings. The minimum absolute atomic E-state index is 0. The van der Waals surface area contributed by atoms with Gasteiger partial charge in [-0.2, -0.15) is 0 Å². The van der Waals surface area contributed by atoms with E-state index in [4.69, 9.17) is 51.0 Å². The van der Waals surface area contributed by atoms with E-state index in [0.29, 0.717) is 26.2 Å². The molecule has 72 heavy (non-hydrogen) atoms. The van der Waals surface area contributed by atoms with E-state index in [1.165, 1.54) is 25.7 Å². The number of ether oxygens (including phenoxy) is 3. The van der Waals surface area contributed by atoms with Gasteiger partial charge in [0.2, 0.25) is 11.8 Å². The topological polar surface area (TPSA) is 308 Å². The third-order valence-corrected chi connectivity index (χ3v) is 9.35.